The van der Waals surface area contributed by atoms with Crippen molar-refractivity contribution < 1.29 is 0 Å². The van der Waals surface area contributed by atoms with E-state index < -0.39 is 0 Å². The number of hydrogen-bond acceptors (Lipinski definition) is 1. The molecular weight excluding hydrogens is 314 g/mol. The molecule has 0 aliphatic carbocycles. The van der Waals surface area contributed by atoms with E-state index in [-0.39, 0.29) is 6.04 Å². The van der Waals surface area contributed by atoms with Gasteiger partial charge in [0.1, 0.15) is 0 Å². The average molecular weight is 339 g/mol. The van der Waals surface area contributed by atoms with Gasteiger partial charge in [0, 0.05) is 12.0 Å². The highest BCUT2D eigenvalue weighted by molar-refractivity contribution is 5.70. The maximum Gasteiger partial charge on any atom is 0.0540 e. The smallest absolute Gasteiger partial charge is 0.0540 e. The first-order chi connectivity index (χ1) is 12.8. The van der Waals surface area contributed by atoms with Gasteiger partial charge in [-0.2, -0.15) is 0 Å². The van der Waals surface area contributed by atoms with Crippen molar-refractivity contribution in [1.82, 2.24) is 4.90 Å². The van der Waals surface area contributed by atoms with Crippen LogP contribution < -0.4 is 0 Å². The first-order valence-electron chi connectivity index (χ1n) is 9.34. The van der Waals surface area contributed by atoms with Gasteiger partial charge in [0.2, 0.25) is 0 Å². The topological polar surface area (TPSA) is 3.24 Å². The lowest BCUT2D eigenvalue weighted by Crippen LogP contribution is -2.36. The van der Waals surface area contributed by atoms with E-state index in [0.29, 0.717) is 12.0 Å². The molecule has 0 fully saturated rings. The quantitative estimate of drug-likeness (QED) is 0.554. The van der Waals surface area contributed by atoms with Crippen LogP contribution in [0.1, 0.15) is 35.7 Å². The van der Waals surface area contributed by atoms with Crippen molar-refractivity contribution in [3.05, 3.63) is 114 Å². The van der Waals surface area contributed by atoms with E-state index in [1.54, 1.807) is 0 Å². The van der Waals surface area contributed by atoms with Crippen LogP contribution in [0.4, 0.5) is 0 Å². The van der Waals surface area contributed by atoms with Gasteiger partial charge in [0.25, 0.3) is 0 Å². The minimum atomic E-state index is 0.271. The molecule has 1 aliphatic heterocycles. The second kappa shape index (κ2) is 7.31. The van der Waals surface area contributed by atoms with Crippen LogP contribution in [0.25, 0.3) is 5.57 Å². The van der Waals surface area contributed by atoms with Gasteiger partial charge in [-0.1, -0.05) is 104 Å². The van der Waals surface area contributed by atoms with Gasteiger partial charge in [-0.3, -0.25) is 4.90 Å². The van der Waals surface area contributed by atoms with Gasteiger partial charge >= 0.3 is 0 Å². The lowest BCUT2D eigenvalue weighted by molar-refractivity contribution is 0.162. The summed E-state index contributed by atoms with van der Waals surface area (Å²) in [5.41, 5.74) is 5.49. The summed E-state index contributed by atoms with van der Waals surface area (Å²) in [6.45, 7) is 2.36. The molecule has 0 aromatic heterocycles. The maximum absolute atomic E-state index is 2.52. The monoisotopic (exact) mass is 339 g/mol. The van der Waals surface area contributed by atoms with Crippen LogP contribution in [0, 0.1) is 5.92 Å². The Morgan fingerprint density at radius 3 is 1.73 bits per heavy atom. The lowest BCUT2D eigenvalue weighted by Gasteiger charge is -2.43. The molecule has 3 atom stereocenters. The fourth-order valence-corrected chi connectivity index (χ4v) is 4.28. The highest BCUT2D eigenvalue weighted by Crippen LogP contribution is 2.46. The van der Waals surface area contributed by atoms with E-state index in [1.807, 2.05) is 0 Å². The molecule has 0 spiro atoms. The fraction of sp³-hybridized carbons (Fsp3) is 0.200. The summed E-state index contributed by atoms with van der Waals surface area (Å²) in [7, 11) is 2.25. The standard InChI is InChI=1S/C25H25N/c1-19-23(20-12-6-3-7-13-20)18-24(21-14-8-4-9-15-21)26(2)25(19)22-16-10-5-11-17-22/h3-19,24-25H,1-2H3/t19-,24-,25-/m1/s1. The van der Waals surface area contributed by atoms with E-state index >= 15 is 0 Å². The molecule has 1 aliphatic rings. The molecule has 3 aromatic carbocycles. The number of hydrogen-bond donors (Lipinski definition) is 0. The lowest BCUT2D eigenvalue weighted by atomic mass is 9.78. The predicted molar refractivity (Wildman–Crippen MR) is 110 cm³/mol. The Balaban J connectivity index is 1.84. The van der Waals surface area contributed by atoms with Crippen LogP contribution in [0.2, 0.25) is 0 Å². The summed E-state index contributed by atoms with van der Waals surface area (Å²) < 4.78 is 0. The van der Waals surface area contributed by atoms with Crippen molar-refractivity contribution in [2.75, 3.05) is 7.05 Å². The van der Waals surface area contributed by atoms with Crippen molar-refractivity contribution in [1.29, 1.82) is 0 Å². The maximum atomic E-state index is 2.52. The van der Waals surface area contributed by atoms with Crippen LogP contribution in [0.15, 0.2) is 97.1 Å². The van der Waals surface area contributed by atoms with Gasteiger partial charge in [0.15, 0.2) is 0 Å². The van der Waals surface area contributed by atoms with Crippen molar-refractivity contribution in [2.24, 2.45) is 5.92 Å². The minimum absolute atomic E-state index is 0.271. The number of rotatable bonds is 3. The summed E-state index contributed by atoms with van der Waals surface area (Å²) in [5.74, 6) is 0.421. The molecule has 1 heterocycles. The van der Waals surface area contributed by atoms with Gasteiger partial charge in [-0.25, -0.2) is 0 Å². The zero-order chi connectivity index (χ0) is 17.9. The Bertz CT molecular complexity index is 868. The Morgan fingerprint density at radius 2 is 1.15 bits per heavy atom. The van der Waals surface area contributed by atoms with E-state index in [0.717, 1.165) is 0 Å². The van der Waals surface area contributed by atoms with E-state index in [1.165, 1.54) is 22.3 Å². The second-order valence-electron chi connectivity index (χ2n) is 7.15. The molecule has 4 rings (SSSR count). The van der Waals surface area contributed by atoms with Gasteiger partial charge < -0.3 is 0 Å². The van der Waals surface area contributed by atoms with Crippen LogP contribution >= 0.6 is 0 Å². The van der Waals surface area contributed by atoms with Crippen molar-refractivity contribution in [3.8, 4) is 0 Å². The van der Waals surface area contributed by atoms with Crippen molar-refractivity contribution in [3.63, 3.8) is 0 Å². The van der Waals surface area contributed by atoms with Crippen LogP contribution in [0.5, 0.6) is 0 Å². The zero-order valence-corrected chi connectivity index (χ0v) is 15.4. The highest BCUT2D eigenvalue weighted by atomic mass is 15.2. The Morgan fingerprint density at radius 1 is 0.654 bits per heavy atom. The van der Waals surface area contributed by atoms with Gasteiger partial charge in [0.05, 0.1) is 6.04 Å². The molecule has 0 radical (unpaired) electrons. The summed E-state index contributed by atoms with van der Waals surface area (Å²) in [4.78, 5) is 2.52. The summed E-state index contributed by atoms with van der Waals surface area (Å²) >= 11 is 0. The summed E-state index contributed by atoms with van der Waals surface area (Å²) in [5, 5.41) is 0. The molecule has 0 saturated heterocycles. The third-order valence-corrected chi connectivity index (χ3v) is 5.57. The van der Waals surface area contributed by atoms with Crippen LogP contribution in [-0.4, -0.2) is 11.9 Å². The number of likely N-dealkylation sites (N-methyl/N-ethyl adjacent to an activating group) is 1. The van der Waals surface area contributed by atoms with Crippen molar-refractivity contribution in [2.45, 2.75) is 19.0 Å². The van der Waals surface area contributed by atoms with E-state index in [9.17, 15) is 0 Å². The SMILES string of the molecule is C[C@@H]1C(c2ccccc2)=C[C@H](c2ccccc2)N(C)[C@H]1c1ccccc1. The fourth-order valence-electron chi connectivity index (χ4n) is 4.28. The number of benzene rings is 3. The summed E-state index contributed by atoms with van der Waals surface area (Å²) in [6, 6.07) is 33.2. The van der Waals surface area contributed by atoms with Crippen LogP contribution in [0.3, 0.4) is 0 Å². The molecule has 130 valence electrons. The normalized spacial score (nSPS) is 23.5. The number of nitrogens with zero attached hydrogens (tertiary/aromatic N) is 1. The van der Waals surface area contributed by atoms with E-state index in [4.69, 9.17) is 0 Å². The molecule has 0 unspecified atom stereocenters. The molecule has 3 aromatic rings. The zero-order valence-electron chi connectivity index (χ0n) is 15.4. The first kappa shape index (κ1) is 16.8. The molecular formula is C25H25N. The second-order valence-corrected chi connectivity index (χ2v) is 7.15. The average Bonchev–Trinajstić information content (AvgIpc) is 2.70. The Kier molecular flexibility index (Phi) is 4.73. The molecule has 26 heavy (non-hydrogen) atoms. The third-order valence-electron chi connectivity index (χ3n) is 5.57. The first-order valence-corrected chi connectivity index (χ1v) is 9.34. The van der Waals surface area contributed by atoms with Crippen molar-refractivity contribution >= 4 is 5.57 Å². The van der Waals surface area contributed by atoms with E-state index in [2.05, 4.69) is 116 Å². The minimum Gasteiger partial charge on any atom is -0.288 e. The van der Waals surface area contributed by atoms with Crippen LogP contribution in [-0.2, 0) is 0 Å². The molecule has 0 saturated carbocycles. The molecule has 0 amide bonds. The third kappa shape index (κ3) is 3.11. The predicted octanol–water partition coefficient (Wildman–Crippen LogP) is 6.13. The molecule has 0 N–H and O–H groups in total. The molecule has 0 bridgehead atoms. The highest BCUT2D eigenvalue weighted by Gasteiger charge is 2.35. The largest absolute Gasteiger partial charge is 0.288 e. The van der Waals surface area contributed by atoms with Gasteiger partial charge in [-0.15, -0.1) is 0 Å². The Labute approximate surface area is 156 Å². The summed E-state index contributed by atoms with van der Waals surface area (Å²) in [6.07, 6.45) is 2.45. The molecule has 1 heteroatoms. The molecule has 1 nitrogen and oxygen atoms in total. The van der Waals surface area contributed by atoms with Gasteiger partial charge in [-0.05, 0) is 29.3 Å². The Hall–Kier alpha value is -2.64.